The maximum Gasteiger partial charge on any atom is 0.164 e. The van der Waals surface area contributed by atoms with Gasteiger partial charge < -0.3 is 0 Å². The number of aromatic nitrogens is 3. The first-order valence-corrected chi connectivity index (χ1v) is 17.2. The Balaban J connectivity index is 1.09. The highest BCUT2D eigenvalue weighted by atomic mass is 32.1. The van der Waals surface area contributed by atoms with Crippen LogP contribution in [0.15, 0.2) is 175 Å². The van der Waals surface area contributed by atoms with Gasteiger partial charge in [0.1, 0.15) is 0 Å². The Morgan fingerprint density at radius 1 is 0.347 bits per heavy atom. The molecule has 0 aliphatic carbocycles. The van der Waals surface area contributed by atoms with Crippen LogP contribution in [0.25, 0.3) is 88.4 Å². The number of hydrogen-bond acceptors (Lipinski definition) is 4. The molecule has 0 fully saturated rings. The summed E-state index contributed by atoms with van der Waals surface area (Å²) in [6.07, 6.45) is 0. The van der Waals surface area contributed by atoms with E-state index < -0.39 is 0 Å². The number of thiophene rings is 1. The van der Waals surface area contributed by atoms with Gasteiger partial charge in [-0.1, -0.05) is 146 Å². The summed E-state index contributed by atoms with van der Waals surface area (Å²) in [7, 11) is 0. The molecule has 0 saturated carbocycles. The lowest BCUT2D eigenvalue weighted by atomic mass is 9.94. The third-order valence-corrected chi connectivity index (χ3v) is 9.93. The second-order valence-corrected chi connectivity index (χ2v) is 13.0. The summed E-state index contributed by atoms with van der Waals surface area (Å²) in [4.78, 5) is 14.8. The molecule has 7 aromatic carbocycles. The van der Waals surface area contributed by atoms with Gasteiger partial charge in [-0.25, -0.2) is 15.0 Å². The summed E-state index contributed by atoms with van der Waals surface area (Å²) in [5.74, 6) is 1.96. The van der Waals surface area contributed by atoms with Crippen LogP contribution >= 0.6 is 11.3 Å². The van der Waals surface area contributed by atoms with Crippen molar-refractivity contribution in [1.29, 1.82) is 0 Å². The minimum absolute atomic E-state index is 0.647. The molecule has 49 heavy (non-hydrogen) atoms. The number of nitrogens with zero attached hydrogens (tertiary/aromatic N) is 3. The molecule has 0 bridgehead atoms. The smallest absolute Gasteiger partial charge is 0.164 e. The van der Waals surface area contributed by atoms with Crippen LogP contribution in [0.2, 0.25) is 0 Å². The van der Waals surface area contributed by atoms with Gasteiger partial charge in [-0.15, -0.1) is 11.3 Å². The number of benzene rings is 7. The zero-order valence-corrected chi connectivity index (χ0v) is 27.3. The van der Waals surface area contributed by atoms with E-state index in [9.17, 15) is 0 Å². The van der Waals surface area contributed by atoms with Crippen molar-refractivity contribution in [3.8, 4) is 67.5 Å². The fraction of sp³-hybridized carbons (Fsp3) is 0. The summed E-state index contributed by atoms with van der Waals surface area (Å²) >= 11 is 1.81. The largest absolute Gasteiger partial charge is 0.208 e. The zero-order chi connectivity index (χ0) is 32.6. The third kappa shape index (κ3) is 5.58. The van der Waals surface area contributed by atoms with Gasteiger partial charge in [-0.3, -0.25) is 0 Å². The Labute approximate surface area is 288 Å². The number of rotatable bonds is 6. The van der Waals surface area contributed by atoms with Crippen molar-refractivity contribution in [3.05, 3.63) is 175 Å². The van der Waals surface area contributed by atoms with E-state index in [0.717, 1.165) is 27.8 Å². The monoisotopic (exact) mass is 643 g/mol. The predicted molar refractivity (Wildman–Crippen MR) is 205 cm³/mol. The SMILES string of the molecule is c1ccc(-c2nc(-c3ccccc3)nc(-c3cccc(-c4cccc(-c5cccc(-c6csc7ccc8ccccc8c67)c5)c4)c3)n2)cc1. The van der Waals surface area contributed by atoms with E-state index in [1.165, 1.54) is 43.1 Å². The van der Waals surface area contributed by atoms with Gasteiger partial charge in [0, 0.05) is 32.3 Å². The van der Waals surface area contributed by atoms with Gasteiger partial charge >= 0.3 is 0 Å². The average Bonchev–Trinajstić information content (AvgIpc) is 3.64. The fourth-order valence-electron chi connectivity index (χ4n) is 6.54. The average molecular weight is 644 g/mol. The highest BCUT2D eigenvalue weighted by Gasteiger charge is 2.14. The molecule has 0 unspecified atom stereocenters. The van der Waals surface area contributed by atoms with E-state index in [-0.39, 0.29) is 0 Å². The van der Waals surface area contributed by atoms with Crippen LogP contribution in [-0.4, -0.2) is 15.0 Å². The normalized spacial score (nSPS) is 11.3. The predicted octanol–water partition coefficient (Wildman–Crippen LogP) is 12.2. The van der Waals surface area contributed by atoms with E-state index in [0.29, 0.717) is 17.5 Å². The Hall–Kier alpha value is -6.23. The quantitative estimate of drug-likeness (QED) is 0.181. The summed E-state index contributed by atoms with van der Waals surface area (Å²) in [6.45, 7) is 0. The van der Waals surface area contributed by atoms with Crippen molar-refractivity contribution in [2.75, 3.05) is 0 Å². The fourth-order valence-corrected chi connectivity index (χ4v) is 7.52. The van der Waals surface area contributed by atoms with Crippen molar-refractivity contribution >= 4 is 32.2 Å². The van der Waals surface area contributed by atoms with Crippen molar-refractivity contribution in [2.24, 2.45) is 0 Å². The first-order chi connectivity index (χ1) is 24.3. The Morgan fingerprint density at radius 2 is 0.796 bits per heavy atom. The molecule has 230 valence electrons. The molecule has 0 amide bonds. The maximum absolute atomic E-state index is 4.95. The lowest BCUT2D eigenvalue weighted by Crippen LogP contribution is -2.00. The van der Waals surface area contributed by atoms with E-state index in [4.69, 9.17) is 15.0 Å². The van der Waals surface area contributed by atoms with E-state index in [2.05, 4.69) is 115 Å². The lowest BCUT2D eigenvalue weighted by Gasteiger charge is -2.11. The number of hydrogen-bond donors (Lipinski definition) is 0. The second-order valence-electron chi connectivity index (χ2n) is 12.1. The van der Waals surface area contributed by atoms with E-state index in [1.807, 2.05) is 72.0 Å². The topological polar surface area (TPSA) is 38.7 Å². The third-order valence-electron chi connectivity index (χ3n) is 8.99. The molecule has 9 aromatic rings. The summed E-state index contributed by atoms with van der Waals surface area (Å²) in [5.41, 5.74) is 9.97. The van der Waals surface area contributed by atoms with Gasteiger partial charge in [0.2, 0.25) is 0 Å². The Kier molecular flexibility index (Phi) is 7.34. The minimum atomic E-state index is 0.647. The van der Waals surface area contributed by atoms with Crippen molar-refractivity contribution in [1.82, 2.24) is 15.0 Å². The van der Waals surface area contributed by atoms with Gasteiger partial charge in [0.15, 0.2) is 17.5 Å². The molecule has 3 nitrogen and oxygen atoms in total. The van der Waals surface area contributed by atoms with Crippen molar-refractivity contribution in [3.63, 3.8) is 0 Å². The standard InChI is InChI=1S/C45H29N3S/c1-3-13-31(14-4-1)43-46-44(32-15-5-2-6-16-32)48-45(47-43)38-22-11-20-36(28-38)34-18-9-17-33(26-34)35-19-10-21-37(27-35)40-29-49-41-25-24-30-12-7-8-23-39(30)42(40)41/h1-29H. The Bertz CT molecular complexity index is 2550. The molecule has 0 aliphatic rings. The van der Waals surface area contributed by atoms with Gasteiger partial charge in [-0.05, 0) is 68.2 Å². The molecule has 0 N–H and O–H groups in total. The lowest BCUT2D eigenvalue weighted by molar-refractivity contribution is 1.07. The van der Waals surface area contributed by atoms with Gasteiger partial charge in [0.05, 0.1) is 0 Å². The molecular formula is C45H29N3S. The molecule has 0 radical (unpaired) electrons. The molecule has 0 spiro atoms. The molecular weight excluding hydrogens is 615 g/mol. The number of fused-ring (bicyclic) bond motifs is 3. The maximum atomic E-state index is 4.95. The Morgan fingerprint density at radius 3 is 1.41 bits per heavy atom. The van der Waals surface area contributed by atoms with Crippen molar-refractivity contribution < 1.29 is 0 Å². The molecule has 2 aromatic heterocycles. The first kappa shape index (κ1) is 29.0. The zero-order valence-electron chi connectivity index (χ0n) is 26.5. The van der Waals surface area contributed by atoms with Crippen LogP contribution in [-0.2, 0) is 0 Å². The van der Waals surface area contributed by atoms with Crippen LogP contribution in [0.5, 0.6) is 0 Å². The minimum Gasteiger partial charge on any atom is -0.208 e. The summed E-state index contributed by atoms with van der Waals surface area (Å²) < 4.78 is 1.31. The highest BCUT2D eigenvalue weighted by molar-refractivity contribution is 7.18. The van der Waals surface area contributed by atoms with Gasteiger partial charge in [0.25, 0.3) is 0 Å². The second kappa shape index (κ2) is 12.4. The van der Waals surface area contributed by atoms with Crippen LogP contribution in [0, 0.1) is 0 Å². The van der Waals surface area contributed by atoms with E-state index in [1.54, 1.807) is 0 Å². The molecule has 2 heterocycles. The van der Waals surface area contributed by atoms with E-state index >= 15 is 0 Å². The van der Waals surface area contributed by atoms with Crippen LogP contribution in [0.1, 0.15) is 0 Å². The summed E-state index contributed by atoms with van der Waals surface area (Å²) in [5, 5.41) is 6.19. The molecule has 0 aliphatic heterocycles. The molecule has 0 saturated heterocycles. The van der Waals surface area contributed by atoms with Crippen LogP contribution in [0.4, 0.5) is 0 Å². The highest BCUT2D eigenvalue weighted by Crippen LogP contribution is 2.40. The molecule has 0 atom stereocenters. The van der Waals surface area contributed by atoms with Gasteiger partial charge in [-0.2, -0.15) is 0 Å². The summed E-state index contributed by atoms with van der Waals surface area (Å²) in [6, 6.07) is 59.5. The molecule has 4 heteroatoms. The van der Waals surface area contributed by atoms with Crippen LogP contribution in [0.3, 0.4) is 0 Å². The molecule has 9 rings (SSSR count). The first-order valence-electron chi connectivity index (χ1n) is 16.3. The van der Waals surface area contributed by atoms with Crippen LogP contribution < -0.4 is 0 Å². The van der Waals surface area contributed by atoms with Crippen molar-refractivity contribution in [2.45, 2.75) is 0 Å².